The number of guanidine groups is 1. The summed E-state index contributed by atoms with van der Waals surface area (Å²) < 4.78 is 45.2. The van der Waals surface area contributed by atoms with Gasteiger partial charge in [0.1, 0.15) is 18.0 Å². The van der Waals surface area contributed by atoms with Crippen LogP contribution in [-0.4, -0.2) is 31.9 Å². The molecule has 0 atom stereocenters. The van der Waals surface area contributed by atoms with E-state index in [2.05, 4.69) is 20.4 Å². The van der Waals surface area contributed by atoms with E-state index >= 15 is 0 Å². The van der Waals surface area contributed by atoms with Gasteiger partial charge < -0.3 is 25.8 Å². The Bertz CT molecular complexity index is 813. The third-order valence-corrected chi connectivity index (χ3v) is 3.40. The lowest BCUT2D eigenvalue weighted by Gasteiger charge is -2.10. The molecule has 0 aromatic heterocycles. The Morgan fingerprint density at radius 3 is 2.21 bits per heavy atom. The van der Waals surface area contributed by atoms with Gasteiger partial charge in [0.25, 0.3) is 0 Å². The predicted molar refractivity (Wildman–Crippen MR) is 113 cm³/mol. The standard InChI is InChI=1S/C18H19F3N4O3.HI/c1-27-14-6-2-12(3-7-14)10-23-16(26)11-24-17(22)25-13-4-8-15(9-5-13)28-18(19,20)21;/h2-9H,10-11H2,1H3,(H,23,26)(H3,22,24,25);1H. The first kappa shape index (κ1) is 24.3. The Hall–Kier alpha value is -2.70. The van der Waals surface area contributed by atoms with Crippen molar-refractivity contribution in [3.05, 3.63) is 54.1 Å². The highest BCUT2D eigenvalue weighted by Crippen LogP contribution is 2.23. The fourth-order valence-electron chi connectivity index (χ4n) is 2.08. The minimum absolute atomic E-state index is 0. The van der Waals surface area contributed by atoms with Crippen LogP contribution in [0, 0.1) is 0 Å². The first-order valence-corrected chi connectivity index (χ1v) is 8.07. The monoisotopic (exact) mass is 524 g/mol. The van der Waals surface area contributed by atoms with Crippen LogP contribution in [0.3, 0.4) is 0 Å². The van der Waals surface area contributed by atoms with Crippen LogP contribution in [0.15, 0.2) is 53.5 Å². The highest BCUT2D eigenvalue weighted by Gasteiger charge is 2.30. The Kier molecular flexibility index (Phi) is 9.51. The second-order valence-electron chi connectivity index (χ2n) is 5.52. The number of nitrogens with one attached hydrogen (secondary N) is 2. The summed E-state index contributed by atoms with van der Waals surface area (Å²) in [6.45, 7) is 0.122. The van der Waals surface area contributed by atoms with Gasteiger partial charge in [0, 0.05) is 12.2 Å². The molecule has 0 radical (unpaired) electrons. The maximum absolute atomic E-state index is 12.1. The maximum atomic E-state index is 12.1. The van der Waals surface area contributed by atoms with Gasteiger partial charge in [-0.3, -0.25) is 4.79 Å². The van der Waals surface area contributed by atoms with Crippen LogP contribution in [0.5, 0.6) is 11.5 Å². The summed E-state index contributed by atoms with van der Waals surface area (Å²) in [6.07, 6.45) is -4.76. The van der Waals surface area contributed by atoms with Gasteiger partial charge in [-0.05, 0) is 42.0 Å². The molecule has 2 aromatic carbocycles. The van der Waals surface area contributed by atoms with Crippen LogP contribution in [0.25, 0.3) is 0 Å². The highest BCUT2D eigenvalue weighted by atomic mass is 127. The largest absolute Gasteiger partial charge is 0.573 e. The molecular formula is C18H20F3IN4O3. The molecule has 1 amide bonds. The molecule has 7 nitrogen and oxygen atoms in total. The number of ether oxygens (including phenoxy) is 2. The highest BCUT2D eigenvalue weighted by molar-refractivity contribution is 14.0. The quantitative estimate of drug-likeness (QED) is 0.294. The van der Waals surface area contributed by atoms with Gasteiger partial charge in [0.2, 0.25) is 5.91 Å². The number of anilines is 1. The fourth-order valence-corrected chi connectivity index (χ4v) is 2.08. The molecule has 2 rings (SSSR count). The number of benzene rings is 2. The summed E-state index contributed by atoms with van der Waals surface area (Å²) in [5.41, 5.74) is 6.96. The fraction of sp³-hybridized carbons (Fsp3) is 0.222. The minimum atomic E-state index is -4.76. The summed E-state index contributed by atoms with van der Waals surface area (Å²) in [6, 6.07) is 12.2. The third kappa shape index (κ3) is 9.36. The van der Waals surface area contributed by atoms with Crippen molar-refractivity contribution in [2.45, 2.75) is 12.9 Å². The molecule has 0 fully saturated rings. The normalized spacial score (nSPS) is 11.2. The van der Waals surface area contributed by atoms with Gasteiger partial charge in [-0.2, -0.15) is 0 Å². The number of methoxy groups -OCH3 is 1. The summed E-state index contributed by atoms with van der Waals surface area (Å²) >= 11 is 0. The number of carbonyl (C=O) groups is 1. The molecule has 0 heterocycles. The average Bonchev–Trinajstić information content (AvgIpc) is 2.65. The molecule has 0 unspecified atom stereocenters. The molecule has 158 valence electrons. The van der Waals surface area contributed by atoms with Crippen LogP contribution < -0.4 is 25.8 Å². The van der Waals surface area contributed by atoms with Crippen molar-refractivity contribution >= 4 is 41.5 Å². The number of nitrogens with zero attached hydrogens (tertiary/aromatic N) is 1. The van der Waals surface area contributed by atoms with Crippen molar-refractivity contribution in [2.75, 3.05) is 19.0 Å². The summed E-state index contributed by atoms with van der Waals surface area (Å²) in [4.78, 5) is 15.7. The minimum Gasteiger partial charge on any atom is -0.497 e. The van der Waals surface area contributed by atoms with Gasteiger partial charge in [0.15, 0.2) is 5.96 Å². The Morgan fingerprint density at radius 2 is 1.66 bits per heavy atom. The van der Waals surface area contributed by atoms with Gasteiger partial charge in [-0.15, -0.1) is 37.1 Å². The summed E-state index contributed by atoms with van der Waals surface area (Å²) in [5.74, 6) is -0.0263. The number of carbonyl (C=O) groups excluding carboxylic acids is 1. The Labute approximate surface area is 182 Å². The number of hydrogen-bond acceptors (Lipinski definition) is 4. The van der Waals surface area contributed by atoms with E-state index in [0.717, 1.165) is 23.4 Å². The van der Waals surface area contributed by atoms with E-state index in [1.54, 1.807) is 19.2 Å². The Balaban J connectivity index is 0.00000420. The number of aliphatic imine (C=N–C) groups is 1. The molecule has 11 heteroatoms. The molecule has 2 aromatic rings. The van der Waals surface area contributed by atoms with Crippen molar-refractivity contribution in [1.82, 2.24) is 5.32 Å². The van der Waals surface area contributed by atoms with E-state index in [9.17, 15) is 18.0 Å². The first-order valence-electron chi connectivity index (χ1n) is 8.07. The smallest absolute Gasteiger partial charge is 0.497 e. The van der Waals surface area contributed by atoms with Gasteiger partial charge >= 0.3 is 6.36 Å². The molecule has 29 heavy (non-hydrogen) atoms. The second kappa shape index (κ2) is 11.3. The SMILES string of the molecule is COc1ccc(CNC(=O)CN=C(N)Nc2ccc(OC(F)(F)F)cc2)cc1.I. The van der Waals surface area contributed by atoms with Crippen LogP contribution >= 0.6 is 24.0 Å². The predicted octanol–water partition coefficient (Wildman–Crippen LogP) is 3.25. The number of hydrogen-bond donors (Lipinski definition) is 3. The lowest BCUT2D eigenvalue weighted by molar-refractivity contribution is -0.274. The third-order valence-electron chi connectivity index (χ3n) is 3.40. The first-order chi connectivity index (χ1) is 13.2. The molecule has 4 N–H and O–H groups in total. The van der Waals surface area contributed by atoms with E-state index < -0.39 is 6.36 Å². The van der Waals surface area contributed by atoms with Gasteiger partial charge in [0.05, 0.1) is 7.11 Å². The van der Waals surface area contributed by atoms with Crippen molar-refractivity contribution in [1.29, 1.82) is 0 Å². The molecule has 0 aliphatic rings. The van der Waals surface area contributed by atoms with E-state index in [1.807, 2.05) is 12.1 Å². The molecule has 0 saturated heterocycles. The molecular weight excluding hydrogens is 504 g/mol. The van der Waals surface area contributed by atoms with Crippen LogP contribution in [0.4, 0.5) is 18.9 Å². The molecule has 0 aliphatic carbocycles. The number of rotatable bonds is 7. The van der Waals surface area contributed by atoms with E-state index in [0.29, 0.717) is 12.2 Å². The zero-order chi connectivity index (χ0) is 20.6. The number of alkyl halides is 3. The topological polar surface area (TPSA) is 98.0 Å². The maximum Gasteiger partial charge on any atom is 0.573 e. The van der Waals surface area contributed by atoms with E-state index in [1.165, 1.54) is 12.1 Å². The van der Waals surface area contributed by atoms with Crippen molar-refractivity contribution < 1.29 is 27.4 Å². The van der Waals surface area contributed by atoms with Crippen LogP contribution in [-0.2, 0) is 11.3 Å². The lowest BCUT2D eigenvalue weighted by Crippen LogP contribution is -2.28. The molecule has 0 saturated carbocycles. The van der Waals surface area contributed by atoms with E-state index in [-0.39, 0.29) is 48.1 Å². The number of halogens is 4. The van der Waals surface area contributed by atoms with Crippen molar-refractivity contribution in [3.63, 3.8) is 0 Å². The van der Waals surface area contributed by atoms with Gasteiger partial charge in [-0.25, -0.2) is 4.99 Å². The average molecular weight is 524 g/mol. The van der Waals surface area contributed by atoms with Crippen LogP contribution in [0.2, 0.25) is 0 Å². The second-order valence-corrected chi connectivity index (χ2v) is 5.52. The summed E-state index contributed by atoms with van der Waals surface area (Å²) in [5, 5.41) is 5.36. The van der Waals surface area contributed by atoms with Crippen molar-refractivity contribution in [2.24, 2.45) is 10.7 Å². The van der Waals surface area contributed by atoms with Crippen molar-refractivity contribution in [3.8, 4) is 11.5 Å². The summed E-state index contributed by atoms with van der Waals surface area (Å²) in [7, 11) is 1.57. The van der Waals surface area contributed by atoms with E-state index in [4.69, 9.17) is 10.5 Å². The molecule has 0 bridgehead atoms. The zero-order valence-electron chi connectivity index (χ0n) is 15.3. The zero-order valence-corrected chi connectivity index (χ0v) is 17.7. The Morgan fingerprint density at radius 1 is 1.07 bits per heavy atom. The van der Waals surface area contributed by atoms with Crippen LogP contribution in [0.1, 0.15) is 5.56 Å². The molecule has 0 spiro atoms. The number of amides is 1. The molecule has 0 aliphatic heterocycles. The lowest BCUT2D eigenvalue weighted by atomic mass is 10.2. The number of nitrogens with two attached hydrogens (primary N) is 1. The van der Waals surface area contributed by atoms with Gasteiger partial charge in [-0.1, -0.05) is 12.1 Å².